The molecule has 0 radical (unpaired) electrons. The number of allylic oxidation sites excluding steroid dienone is 1. The fraction of sp³-hybridized carbons (Fsp3) is 0.357. The quantitative estimate of drug-likeness (QED) is 0.434. The van der Waals surface area contributed by atoms with E-state index in [0.29, 0.717) is 12.2 Å². The molecule has 0 spiro atoms. The van der Waals surface area contributed by atoms with Crippen LogP contribution in [0.5, 0.6) is 5.75 Å². The Morgan fingerprint density at radius 3 is 2.69 bits per heavy atom. The summed E-state index contributed by atoms with van der Waals surface area (Å²) in [5, 5.41) is 9.43. The van der Waals surface area contributed by atoms with E-state index in [1.165, 1.54) is 5.56 Å². The van der Waals surface area contributed by atoms with Crippen LogP contribution in [-0.4, -0.2) is 11.4 Å². The molecule has 86 valence electrons. The van der Waals surface area contributed by atoms with Crippen LogP contribution in [-0.2, 0) is 17.6 Å². The van der Waals surface area contributed by atoms with Crippen molar-refractivity contribution >= 4 is 6.29 Å². The van der Waals surface area contributed by atoms with Gasteiger partial charge in [0.1, 0.15) is 12.0 Å². The van der Waals surface area contributed by atoms with Crippen LogP contribution in [0.1, 0.15) is 30.4 Å². The summed E-state index contributed by atoms with van der Waals surface area (Å²) >= 11 is 0. The number of aldehydes is 1. The van der Waals surface area contributed by atoms with Crippen LogP contribution in [0.4, 0.5) is 0 Å². The highest BCUT2D eigenvalue weighted by Crippen LogP contribution is 2.20. The van der Waals surface area contributed by atoms with Crippen molar-refractivity contribution in [3.05, 3.63) is 42.0 Å². The van der Waals surface area contributed by atoms with E-state index in [9.17, 15) is 9.90 Å². The molecule has 0 saturated heterocycles. The molecular formula is C14H18O2. The maximum Gasteiger partial charge on any atom is 0.120 e. The second-order valence-corrected chi connectivity index (χ2v) is 3.84. The minimum Gasteiger partial charge on any atom is -0.508 e. The summed E-state index contributed by atoms with van der Waals surface area (Å²) in [5.41, 5.74) is 2.38. The molecule has 0 amide bonds. The number of carbonyl (C=O) groups excluding carboxylic acids is 1. The zero-order valence-electron chi connectivity index (χ0n) is 9.48. The lowest BCUT2D eigenvalue weighted by Crippen LogP contribution is -1.94. The van der Waals surface area contributed by atoms with Crippen LogP contribution in [0.15, 0.2) is 30.9 Å². The number of benzene rings is 1. The van der Waals surface area contributed by atoms with Crippen molar-refractivity contribution in [2.24, 2.45) is 0 Å². The molecule has 0 fully saturated rings. The third-order valence-electron chi connectivity index (χ3n) is 2.58. The Morgan fingerprint density at radius 2 is 2.00 bits per heavy atom. The molecule has 16 heavy (non-hydrogen) atoms. The molecule has 0 saturated carbocycles. The van der Waals surface area contributed by atoms with Gasteiger partial charge in [-0.05, 0) is 48.9 Å². The molecule has 0 bridgehead atoms. The van der Waals surface area contributed by atoms with Crippen molar-refractivity contribution in [2.75, 3.05) is 0 Å². The van der Waals surface area contributed by atoms with Crippen molar-refractivity contribution in [2.45, 2.75) is 32.1 Å². The second kappa shape index (κ2) is 6.83. The molecule has 2 nitrogen and oxygen atoms in total. The highest BCUT2D eigenvalue weighted by molar-refractivity contribution is 5.49. The van der Waals surface area contributed by atoms with Gasteiger partial charge in [-0.15, -0.1) is 6.58 Å². The van der Waals surface area contributed by atoms with Crippen LogP contribution in [0.2, 0.25) is 0 Å². The third-order valence-corrected chi connectivity index (χ3v) is 2.58. The zero-order valence-corrected chi connectivity index (χ0v) is 9.48. The minimum atomic E-state index is 0.295. The van der Waals surface area contributed by atoms with Gasteiger partial charge in [0.2, 0.25) is 0 Å². The van der Waals surface area contributed by atoms with Gasteiger partial charge in [0.25, 0.3) is 0 Å². The predicted molar refractivity (Wildman–Crippen MR) is 65.6 cm³/mol. The topological polar surface area (TPSA) is 37.3 Å². The predicted octanol–water partition coefficient (Wildman–Crippen LogP) is 3.03. The third kappa shape index (κ3) is 3.89. The maximum absolute atomic E-state index is 10.3. The number of unbranched alkanes of at least 4 members (excludes halogenated alkanes) is 1. The molecule has 0 aliphatic heterocycles. The first kappa shape index (κ1) is 12.5. The molecule has 0 atom stereocenters. The molecule has 1 rings (SSSR count). The molecule has 0 aliphatic rings. The first-order valence-corrected chi connectivity index (χ1v) is 5.63. The van der Waals surface area contributed by atoms with E-state index in [4.69, 9.17) is 0 Å². The average Bonchev–Trinajstić information content (AvgIpc) is 2.28. The fourth-order valence-electron chi connectivity index (χ4n) is 1.72. The highest BCUT2D eigenvalue weighted by Gasteiger charge is 2.03. The van der Waals surface area contributed by atoms with Gasteiger partial charge >= 0.3 is 0 Å². The summed E-state index contributed by atoms with van der Waals surface area (Å²) in [6.07, 6.45) is 6.98. The molecule has 1 aromatic carbocycles. The van der Waals surface area contributed by atoms with Crippen molar-refractivity contribution < 1.29 is 9.90 Å². The number of phenols is 1. The van der Waals surface area contributed by atoms with Crippen LogP contribution in [0.3, 0.4) is 0 Å². The summed E-state index contributed by atoms with van der Waals surface area (Å²) in [4.78, 5) is 10.3. The Labute approximate surface area is 96.6 Å². The van der Waals surface area contributed by atoms with E-state index in [2.05, 4.69) is 6.58 Å². The molecule has 1 aromatic rings. The van der Waals surface area contributed by atoms with E-state index in [0.717, 1.165) is 37.5 Å². The standard InChI is InChI=1S/C14H18O2/c1-2-3-6-12-8-9-14(16)11-13(12)7-4-5-10-15/h2,8-11,16H,1,3-7H2. The van der Waals surface area contributed by atoms with Gasteiger partial charge in [0.05, 0.1) is 0 Å². The lowest BCUT2D eigenvalue weighted by atomic mass is 9.98. The van der Waals surface area contributed by atoms with Crippen LogP contribution in [0, 0.1) is 0 Å². The van der Waals surface area contributed by atoms with Gasteiger partial charge in [-0.2, -0.15) is 0 Å². The lowest BCUT2D eigenvalue weighted by Gasteiger charge is -2.08. The summed E-state index contributed by atoms with van der Waals surface area (Å²) in [5.74, 6) is 0.295. The Morgan fingerprint density at radius 1 is 1.19 bits per heavy atom. The SMILES string of the molecule is C=CCCc1ccc(O)cc1CCCC=O. The average molecular weight is 218 g/mol. The number of aryl methyl sites for hydroxylation is 2. The molecule has 0 unspecified atom stereocenters. The molecular weight excluding hydrogens is 200 g/mol. The van der Waals surface area contributed by atoms with E-state index < -0.39 is 0 Å². The zero-order chi connectivity index (χ0) is 11.8. The molecule has 0 aromatic heterocycles. The Kier molecular flexibility index (Phi) is 5.34. The fourth-order valence-corrected chi connectivity index (χ4v) is 1.72. The Hall–Kier alpha value is -1.57. The number of hydrogen-bond acceptors (Lipinski definition) is 2. The Balaban J connectivity index is 2.72. The number of carbonyl (C=O) groups is 1. The van der Waals surface area contributed by atoms with E-state index in [1.807, 2.05) is 12.1 Å². The van der Waals surface area contributed by atoms with Crippen LogP contribution in [0.25, 0.3) is 0 Å². The highest BCUT2D eigenvalue weighted by atomic mass is 16.3. The van der Waals surface area contributed by atoms with Crippen LogP contribution >= 0.6 is 0 Å². The maximum atomic E-state index is 10.3. The monoisotopic (exact) mass is 218 g/mol. The number of hydrogen-bond donors (Lipinski definition) is 1. The first-order chi connectivity index (χ1) is 7.77. The number of phenolic OH excluding ortho intramolecular Hbond substituents is 1. The number of aromatic hydroxyl groups is 1. The van der Waals surface area contributed by atoms with Crippen molar-refractivity contribution in [1.82, 2.24) is 0 Å². The van der Waals surface area contributed by atoms with Crippen molar-refractivity contribution in [1.29, 1.82) is 0 Å². The van der Waals surface area contributed by atoms with Gasteiger partial charge in [0, 0.05) is 6.42 Å². The first-order valence-electron chi connectivity index (χ1n) is 5.63. The smallest absolute Gasteiger partial charge is 0.120 e. The summed E-state index contributed by atoms with van der Waals surface area (Å²) in [6.45, 7) is 3.70. The largest absolute Gasteiger partial charge is 0.508 e. The summed E-state index contributed by atoms with van der Waals surface area (Å²) < 4.78 is 0. The van der Waals surface area contributed by atoms with Crippen molar-refractivity contribution in [3.63, 3.8) is 0 Å². The van der Waals surface area contributed by atoms with Crippen LogP contribution < -0.4 is 0 Å². The lowest BCUT2D eigenvalue weighted by molar-refractivity contribution is -0.107. The minimum absolute atomic E-state index is 0.295. The normalized spacial score (nSPS) is 10.0. The molecule has 0 heterocycles. The second-order valence-electron chi connectivity index (χ2n) is 3.84. The van der Waals surface area contributed by atoms with Gasteiger partial charge in [0.15, 0.2) is 0 Å². The Bertz CT molecular complexity index is 356. The van der Waals surface area contributed by atoms with Crippen molar-refractivity contribution in [3.8, 4) is 5.75 Å². The van der Waals surface area contributed by atoms with Gasteiger partial charge in [-0.3, -0.25) is 0 Å². The summed E-state index contributed by atoms with van der Waals surface area (Å²) in [6, 6.07) is 5.46. The van der Waals surface area contributed by atoms with E-state index in [1.54, 1.807) is 12.1 Å². The molecule has 0 aliphatic carbocycles. The molecule has 2 heteroatoms. The van der Waals surface area contributed by atoms with Gasteiger partial charge < -0.3 is 9.90 Å². The summed E-state index contributed by atoms with van der Waals surface area (Å²) in [7, 11) is 0. The van der Waals surface area contributed by atoms with E-state index >= 15 is 0 Å². The van der Waals surface area contributed by atoms with E-state index in [-0.39, 0.29) is 0 Å². The van der Waals surface area contributed by atoms with Gasteiger partial charge in [-0.25, -0.2) is 0 Å². The number of rotatable bonds is 7. The molecule has 1 N–H and O–H groups in total. The van der Waals surface area contributed by atoms with Gasteiger partial charge in [-0.1, -0.05) is 12.1 Å².